The van der Waals surface area contributed by atoms with Crippen molar-refractivity contribution in [1.82, 2.24) is 9.71 Å². The SMILES string of the molecule is CN(c1ncc(Oc2cc(F)c(C(=O)NS(C)(=O)=O)cc2F)cc1Cl)C1CC1. The molecule has 1 saturated carbocycles. The van der Waals surface area contributed by atoms with Gasteiger partial charge in [-0.2, -0.15) is 0 Å². The van der Waals surface area contributed by atoms with Crippen molar-refractivity contribution in [1.29, 1.82) is 0 Å². The minimum atomic E-state index is -3.92. The molecule has 11 heteroatoms. The van der Waals surface area contributed by atoms with Crippen LogP contribution in [0.25, 0.3) is 0 Å². The normalized spacial score (nSPS) is 13.9. The van der Waals surface area contributed by atoms with Crippen LogP contribution in [-0.4, -0.2) is 38.7 Å². The lowest BCUT2D eigenvalue weighted by atomic mass is 10.2. The first kappa shape index (κ1) is 20.3. The second kappa shape index (κ2) is 7.51. The molecule has 1 aliphatic rings. The van der Waals surface area contributed by atoms with Crippen molar-refractivity contribution in [2.45, 2.75) is 18.9 Å². The van der Waals surface area contributed by atoms with Gasteiger partial charge in [-0.25, -0.2) is 26.9 Å². The lowest BCUT2D eigenvalue weighted by molar-refractivity contribution is 0.0977. The quantitative estimate of drug-likeness (QED) is 0.756. The van der Waals surface area contributed by atoms with Gasteiger partial charge >= 0.3 is 0 Å². The zero-order chi connectivity index (χ0) is 20.6. The molecule has 1 amide bonds. The Kier molecular flexibility index (Phi) is 5.44. The van der Waals surface area contributed by atoms with Gasteiger partial charge in [0, 0.05) is 25.2 Å². The molecule has 0 spiro atoms. The Morgan fingerprint density at radius 3 is 2.54 bits per heavy atom. The molecule has 0 saturated heterocycles. The average molecular weight is 432 g/mol. The zero-order valence-electron chi connectivity index (χ0n) is 14.9. The number of carbonyl (C=O) groups is 1. The van der Waals surface area contributed by atoms with E-state index in [-0.39, 0.29) is 10.8 Å². The smallest absolute Gasteiger partial charge is 0.267 e. The summed E-state index contributed by atoms with van der Waals surface area (Å²) in [5, 5.41) is 0.289. The molecule has 0 unspecified atom stereocenters. The van der Waals surface area contributed by atoms with Gasteiger partial charge in [0.25, 0.3) is 5.91 Å². The second-order valence-corrected chi connectivity index (χ2v) is 8.54. The first-order valence-electron chi connectivity index (χ1n) is 8.12. The summed E-state index contributed by atoms with van der Waals surface area (Å²) in [6.45, 7) is 0. The molecule has 0 atom stereocenters. The van der Waals surface area contributed by atoms with Crippen LogP contribution in [0.2, 0.25) is 5.02 Å². The minimum Gasteiger partial charge on any atom is -0.452 e. The number of carbonyl (C=O) groups excluding carboxylic acids is 1. The molecule has 1 aromatic heterocycles. The number of anilines is 1. The standard InChI is InChI=1S/C17H16ClF2N3O4S/c1-23(9-3-4-9)16-12(18)5-10(8-21-16)27-15-7-13(19)11(6-14(15)20)17(24)22-28(2,25)26/h5-9H,3-4H2,1-2H3,(H,22,24). The highest BCUT2D eigenvalue weighted by Crippen LogP contribution is 2.35. The average Bonchev–Trinajstić information content (AvgIpc) is 3.41. The van der Waals surface area contributed by atoms with E-state index in [0.29, 0.717) is 24.0 Å². The lowest BCUT2D eigenvalue weighted by Gasteiger charge is -2.19. The number of amides is 1. The molecule has 0 bridgehead atoms. The van der Waals surface area contributed by atoms with Gasteiger partial charge in [-0.15, -0.1) is 0 Å². The van der Waals surface area contributed by atoms with Crippen molar-refractivity contribution >= 4 is 33.3 Å². The van der Waals surface area contributed by atoms with Gasteiger partial charge in [-0.3, -0.25) is 4.79 Å². The first-order chi connectivity index (χ1) is 13.0. The zero-order valence-corrected chi connectivity index (χ0v) is 16.4. The molecule has 1 heterocycles. The Labute approximate surface area is 165 Å². The highest BCUT2D eigenvalue weighted by molar-refractivity contribution is 7.89. The molecule has 28 heavy (non-hydrogen) atoms. The molecule has 7 nitrogen and oxygen atoms in total. The van der Waals surface area contributed by atoms with E-state index < -0.39 is 38.9 Å². The van der Waals surface area contributed by atoms with Crippen molar-refractivity contribution in [3.8, 4) is 11.5 Å². The number of pyridine rings is 1. The predicted octanol–water partition coefficient (Wildman–Crippen LogP) is 3.09. The van der Waals surface area contributed by atoms with E-state index in [1.807, 2.05) is 11.9 Å². The van der Waals surface area contributed by atoms with Gasteiger partial charge in [0.05, 0.1) is 23.0 Å². The third-order valence-corrected chi connectivity index (χ3v) is 4.83. The third kappa shape index (κ3) is 4.68. The van der Waals surface area contributed by atoms with Gasteiger partial charge < -0.3 is 9.64 Å². The Morgan fingerprint density at radius 1 is 1.29 bits per heavy atom. The number of rotatable bonds is 6. The molecule has 1 N–H and O–H groups in total. The van der Waals surface area contributed by atoms with Crippen LogP contribution in [0.5, 0.6) is 11.5 Å². The van der Waals surface area contributed by atoms with Gasteiger partial charge in [-0.1, -0.05) is 11.6 Å². The molecule has 2 aromatic rings. The maximum Gasteiger partial charge on any atom is 0.267 e. The fourth-order valence-electron chi connectivity index (χ4n) is 2.49. The van der Waals surface area contributed by atoms with Gasteiger partial charge in [0.15, 0.2) is 11.6 Å². The van der Waals surface area contributed by atoms with E-state index in [4.69, 9.17) is 16.3 Å². The maximum absolute atomic E-state index is 14.2. The number of sulfonamides is 1. The van der Waals surface area contributed by atoms with Crippen molar-refractivity contribution < 1.29 is 26.7 Å². The van der Waals surface area contributed by atoms with Gasteiger partial charge in [-0.05, 0) is 18.9 Å². The Hall–Kier alpha value is -2.46. The van der Waals surface area contributed by atoms with E-state index in [0.717, 1.165) is 19.1 Å². The molecule has 1 aliphatic carbocycles. The fourth-order valence-corrected chi connectivity index (χ4v) is 3.23. The van der Waals surface area contributed by atoms with Crippen LogP contribution < -0.4 is 14.4 Å². The van der Waals surface area contributed by atoms with Crippen LogP contribution in [0.15, 0.2) is 24.4 Å². The summed E-state index contributed by atoms with van der Waals surface area (Å²) in [5.74, 6) is -3.38. The van der Waals surface area contributed by atoms with Crippen molar-refractivity contribution in [3.63, 3.8) is 0 Å². The van der Waals surface area contributed by atoms with Crippen molar-refractivity contribution in [2.75, 3.05) is 18.2 Å². The number of nitrogens with zero attached hydrogens (tertiary/aromatic N) is 2. The summed E-state index contributed by atoms with van der Waals surface area (Å²) >= 11 is 6.20. The molecule has 1 fully saturated rings. The highest BCUT2D eigenvalue weighted by atomic mass is 35.5. The number of nitrogens with one attached hydrogen (secondary N) is 1. The van der Waals surface area contributed by atoms with E-state index in [1.165, 1.54) is 12.3 Å². The Balaban J connectivity index is 1.82. The minimum absolute atomic E-state index is 0.0737. The summed E-state index contributed by atoms with van der Waals surface area (Å²) in [7, 11) is -2.06. The summed E-state index contributed by atoms with van der Waals surface area (Å²) in [5.41, 5.74) is -0.771. The Morgan fingerprint density at radius 2 is 1.96 bits per heavy atom. The van der Waals surface area contributed by atoms with Crippen LogP contribution in [0.3, 0.4) is 0 Å². The maximum atomic E-state index is 14.2. The van der Waals surface area contributed by atoms with Crippen LogP contribution in [0, 0.1) is 11.6 Å². The number of aromatic nitrogens is 1. The molecule has 0 radical (unpaired) electrons. The third-order valence-electron chi connectivity index (χ3n) is 4.00. The summed E-state index contributed by atoms with van der Waals surface area (Å²) in [4.78, 5) is 17.9. The molecule has 1 aromatic carbocycles. The fraction of sp³-hybridized carbons (Fsp3) is 0.294. The predicted molar refractivity (Wildman–Crippen MR) is 99.4 cm³/mol. The second-order valence-electron chi connectivity index (χ2n) is 6.39. The van der Waals surface area contributed by atoms with Gasteiger partial charge in [0.2, 0.25) is 10.0 Å². The number of benzene rings is 1. The largest absolute Gasteiger partial charge is 0.452 e. The Bertz CT molecular complexity index is 1040. The van der Waals surface area contributed by atoms with E-state index >= 15 is 0 Å². The lowest BCUT2D eigenvalue weighted by Crippen LogP contribution is -2.30. The number of ether oxygens (including phenoxy) is 1. The van der Waals surface area contributed by atoms with E-state index in [9.17, 15) is 22.0 Å². The highest BCUT2D eigenvalue weighted by Gasteiger charge is 2.28. The van der Waals surface area contributed by atoms with Crippen molar-refractivity contribution in [2.24, 2.45) is 0 Å². The molecule has 3 rings (SSSR count). The van der Waals surface area contributed by atoms with Crippen LogP contribution in [0.4, 0.5) is 14.6 Å². The molecular weight excluding hydrogens is 416 g/mol. The topological polar surface area (TPSA) is 88.6 Å². The number of halogens is 3. The number of hydrogen-bond donors (Lipinski definition) is 1. The number of hydrogen-bond acceptors (Lipinski definition) is 6. The monoisotopic (exact) mass is 431 g/mol. The first-order valence-corrected chi connectivity index (χ1v) is 10.4. The summed E-state index contributed by atoms with van der Waals surface area (Å²) in [6, 6.07) is 3.00. The summed E-state index contributed by atoms with van der Waals surface area (Å²) in [6.07, 6.45) is 4.15. The van der Waals surface area contributed by atoms with E-state index in [2.05, 4.69) is 4.98 Å². The van der Waals surface area contributed by atoms with Crippen LogP contribution in [-0.2, 0) is 10.0 Å². The van der Waals surface area contributed by atoms with Crippen LogP contribution >= 0.6 is 11.6 Å². The van der Waals surface area contributed by atoms with E-state index in [1.54, 1.807) is 4.72 Å². The van der Waals surface area contributed by atoms with Crippen LogP contribution in [0.1, 0.15) is 23.2 Å². The van der Waals surface area contributed by atoms with Gasteiger partial charge in [0.1, 0.15) is 17.4 Å². The molecule has 150 valence electrons. The molecular formula is C17H16ClF2N3O4S. The summed E-state index contributed by atoms with van der Waals surface area (Å²) < 4.78 is 57.4. The molecule has 0 aliphatic heterocycles. The van der Waals surface area contributed by atoms with Crippen molar-refractivity contribution in [3.05, 3.63) is 46.6 Å².